The maximum absolute atomic E-state index is 12.5. The molecular weight excluding hydrogens is 364 g/mol. The zero-order chi connectivity index (χ0) is 20.2. The minimum Gasteiger partial charge on any atom is -0.483 e. The molecule has 2 aromatic rings. The lowest BCUT2D eigenvalue weighted by molar-refractivity contribution is -0.124. The Morgan fingerprint density at radius 2 is 2.10 bits per heavy atom. The van der Waals surface area contributed by atoms with E-state index in [1.807, 2.05) is 36.1 Å². The van der Waals surface area contributed by atoms with Crippen LogP contribution in [-0.4, -0.2) is 46.3 Å². The van der Waals surface area contributed by atoms with Crippen LogP contribution in [0.25, 0.3) is 0 Å². The van der Waals surface area contributed by atoms with Crippen molar-refractivity contribution in [1.29, 1.82) is 0 Å². The standard InChI is InChI=1S/C23H32N4O2/c1-17-20(13-24-26(17)2)15-27-12-11-21-19(14-27)9-4-3-7-18-8-5-6-10-22(18)29-16-23(28)25-21/h5-6,8,10,13,19,21H,3-4,7,9,11-12,14-16H2,1-2H3,(H,25,28)/t19-,21+/m0/s1. The predicted molar refractivity (Wildman–Crippen MR) is 113 cm³/mol. The fourth-order valence-corrected chi connectivity index (χ4v) is 4.64. The Labute approximate surface area is 173 Å². The summed E-state index contributed by atoms with van der Waals surface area (Å²) >= 11 is 0. The summed E-state index contributed by atoms with van der Waals surface area (Å²) in [5.74, 6) is 1.33. The summed E-state index contributed by atoms with van der Waals surface area (Å²) in [6.45, 7) is 5.19. The lowest BCUT2D eigenvalue weighted by Crippen LogP contribution is -2.51. The molecule has 1 N–H and O–H groups in total. The second kappa shape index (κ2) is 8.99. The maximum atomic E-state index is 12.5. The highest BCUT2D eigenvalue weighted by Crippen LogP contribution is 2.27. The Bertz CT molecular complexity index is 847. The summed E-state index contributed by atoms with van der Waals surface area (Å²) < 4.78 is 7.78. The molecule has 1 fully saturated rings. The lowest BCUT2D eigenvalue weighted by atomic mass is 9.87. The molecule has 0 unspecified atom stereocenters. The number of rotatable bonds is 2. The van der Waals surface area contributed by atoms with Crippen LogP contribution in [0.5, 0.6) is 5.75 Å². The van der Waals surface area contributed by atoms with E-state index in [1.54, 1.807) is 0 Å². The van der Waals surface area contributed by atoms with Crippen molar-refractivity contribution in [1.82, 2.24) is 20.0 Å². The van der Waals surface area contributed by atoms with Gasteiger partial charge in [-0.15, -0.1) is 0 Å². The largest absolute Gasteiger partial charge is 0.483 e. The topological polar surface area (TPSA) is 59.4 Å². The Kier molecular flexibility index (Phi) is 6.19. The van der Waals surface area contributed by atoms with Gasteiger partial charge in [0.1, 0.15) is 5.75 Å². The summed E-state index contributed by atoms with van der Waals surface area (Å²) in [7, 11) is 1.99. The van der Waals surface area contributed by atoms with Crippen LogP contribution < -0.4 is 10.1 Å². The zero-order valence-corrected chi connectivity index (χ0v) is 17.6. The van der Waals surface area contributed by atoms with Gasteiger partial charge in [0.05, 0.1) is 6.20 Å². The zero-order valence-electron chi connectivity index (χ0n) is 17.6. The summed E-state index contributed by atoms with van der Waals surface area (Å²) in [5.41, 5.74) is 3.73. The minimum absolute atomic E-state index is 0.00747. The number of aryl methyl sites for hydroxylation is 2. The van der Waals surface area contributed by atoms with Crippen LogP contribution in [0.3, 0.4) is 0 Å². The number of nitrogens with zero attached hydrogens (tertiary/aromatic N) is 3. The highest BCUT2D eigenvalue weighted by atomic mass is 16.5. The van der Waals surface area contributed by atoms with Gasteiger partial charge < -0.3 is 10.1 Å². The number of nitrogens with one attached hydrogen (secondary N) is 1. The summed E-state index contributed by atoms with van der Waals surface area (Å²) in [4.78, 5) is 15.0. The van der Waals surface area contributed by atoms with Gasteiger partial charge in [-0.25, -0.2) is 0 Å². The van der Waals surface area contributed by atoms with Crippen LogP contribution >= 0.6 is 0 Å². The first-order valence-electron chi connectivity index (χ1n) is 10.8. The van der Waals surface area contributed by atoms with E-state index >= 15 is 0 Å². The smallest absolute Gasteiger partial charge is 0.258 e. The number of likely N-dealkylation sites (tertiary alicyclic amines) is 1. The molecule has 0 saturated carbocycles. The van der Waals surface area contributed by atoms with E-state index in [-0.39, 0.29) is 18.6 Å². The van der Waals surface area contributed by atoms with Crippen molar-refractivity contribution in [3.63, 3.8) is 0 Å². The van der Waals surface area contributed by atoms with Crippen molar-refractivity contribution in [2.24, 2.45) is 13.0 Å². The average molecular weight is 397 g/mol. The Hall–Kier alpha value is -2.34. The molecule has 1 aromatic heterocycles. The normalized spacial score (nSPS) is 23.7. The van der Waals surface area contributed by atoms with Gasteiger partial charge in [0.25, 0.3) is 5.91 Å². The van der Waals surface area contributed by atoms with Crippen LogP contribution in [0.2, 0.25) is 0 Å². The molecule has 0 radical (unpaired) electrons. The number of aromatic nitrogens is 2. The third-order valence-corrected chi connectivity index (χ3v) is 6.50. The summed E-state index contributed by atoms with van der Waals surface area (Å²) in [5, 5.41) is 7.64. The number of hydrogen-bond acceptors (Lipinski definition) is 4. The van der Waals surface area contributed by atoms with E-state index in [0.717, 1.165) is 51.1 Å². The van der Waals surface area contributed by atoms with Gasteiger partial charge in [0.15, 0.2) is 6.61 Å². The first-order valence-corrected chi connectivity index (χ1v) is 10.8. The Balaban J connectivity index is 1.42. The number of ether oxygens (including phenoxy) is 1. The Morgan fingerprint density at radius 1 is 1.24 bits per heavy atom. The van der Waals surface area contributed by atoms with Crippen molar-refractivity contribution in [3.05, 3.63) is 47.3 Å². The number of hydrogen-bond donors (Lipinski definition) is 1. The molecule has 0 spiro atoms. The van der Waals surface area contributed by atoms with E-state index in [4.69, 9.17) is 4.74 Å². The van der Waals surface area contributed by atoms with Gasteiger partial charge in [-0.3, -0.25) is 14.4 Å². The molecule has 1 amide bonds. The average Bonchev–Trinajstić information content (AvgIpc) is 3.03. The van der Waals surface area contributed by atoms with E-state index < -0.39 is 0 Å². The number of amides is 1. The quantitative estimate of drug-likeness (QED) is 0.848. The summed E-state index contributed by atoms with van der Waals surface area (Å²) in [6.07, 6.45) is 7.46. The Morgan fingerprint density at radius 3 is 2.93 bits per heavy atom. The number of carbonyl (C=O) groups excluding carboxylic acids is 1. The van der Waals surface area contributed by atoms with Crippen LogP contribution in [0.4, 0.5) is 0 Å². The van der Waals surface area contributed by atoms with Gasteiger partial charge in [-0.05, 0) is 50.2 Å². The second-order valence-corrected chi connectivity index (χ2v) is 8.48. The first kappa shape index (κ1) is 20.0. The van der Waals surface area contributed by atoms with Gasteiger partial charge in [-0.1, -0.05) is 24.6 Å². The monoisotopic (exact) mass is 396 g/mol. The fourth-order valence-electron chi connectivity index (χ4n) is 4.64. The minimum atomic E-state index is -0.00747. The molecule has 3 heterocycles. The van der Waals surface area contributed by atoms with Crippen LogP contribution in [0.15, 0.2) is 30.5 Å². The highest BCUT2D eigenvalue weighted by Gasteiger charge is 2.30. The van der Waals surface area contributed by atoms with Gasteiger partial charge in [0, 0.05) is 44.0 Å². The number of carbonyl (C=O) groups is 1. The SMILES string of the molecule is Cc1c(CN2CC[C@H]3NC(=O)COc4ccccc4CCCC[C@H]3C2)cnn1C. The molecular formula is C23H32N4O2. The third kappa shape index (κ3) is 4.81. The van der Waals surface area contributed by atoms with Crippen molar-refractivity contribution < 1.29 is 9.53 Å². The molecule has 6 nitrogen and oxygen atoms in total. The van der Waals surface area contributed by atoms with Gasteiger partial charge in [-0.2, -0.15) is 5.10 Å². The first-order chi connectivity index (χ1) is 14.1. The molecule has 0 aliphatic carbocycles. The van der Waals surface area contributed by atoms with E-state index in [2.05, 4.69) is 28.3 Å². The third-order valence-electron chi connectivity index (χ3n) is 6.50. The maximum Gasteiger partial charge on any atom is 0.258 e. The van der Waals surface area contributed by atoms with Gasteiger partial charge in [0.2, 0.25) is 0 Å². The molecule has 4 rings (SSSR count). The van der Waals surface area contributed by atoms with Crippen LogP contribution in [0, 0.1) is 12.8 Å². The molecule has 6 heteroatoms. The van der Waals surface area contributed by atoms with E-state index in [9.17, 15) is 4.79 Å². The van der Waals surface area contributed by atoms with Crippen LogP contribution in [-0.2, 0) is 24.8 Å². The molecule has 29 heavy (non-hydrogen) atoms. The summed E-state index contributed by atoms with van der Waals surface area (Å²) in [6, 6.07) is 8.34. The molecule has 2 aliphatic rings. The lowest BCUT2D eigenvalue weighted by Gasteiger charge is -2.39. The van der Waals surface area contributed by atoms with Gasteiger partial charge >= 0.3 is 0 Å². The molecule has 2 aliphatic heterocycles. The van der Waals surface area contributed by atoms with Crippen LogP contribution in [0.1, 0.15) is 42.5 Å². The van der Waals surface area contributed by atoms with Crippen molar-refractivity contribution in [2.45, 2.75) is 51.6 Å². The van der Waals surface area contributed by atoms with Crippen molar-refractivity contribution in [2.75, 3.05) is 19.7 Å². The second-order valence-electron chi connectivity index (χ2n) is 8.48. The fraction of sp³-hybridized carbons (Fsp3) is 0.565. The highest BCUT2D eigenvalue weighted by molar-refractivity contribution is 5.78. The number of fused-ring (bicyclic) bond motifs is 2. The van der Waals surface area contributed by atoms with E-state index in [1.165, 1.54) is 23.2 Å². The molecule has 1 aromatic carbocycles. The van der Waals surface area contributed by atoms with Crippen molar-refractivity contribution in [3.8, 4) is 5.75 Å². The number of para-hydroxylation sites is 1. The van der Waals surface area contributed by atoms with Crippen molar-refractivity contribution >= 4 is 5.91 Å². The molecule has 156 valence electrons. The molecule has 0 bridgehead atoms. The molecule has 2 atom stereocenters. The molecule has 1 saturated heterocycles. The van der Waals surface area contributed by atoms with E-state index in [0.29, 0.717) is 5.92 Å². The predicted octanol–water partition coefficient (Wildman–Crippen LogP) is 2.84. The number of piperidine rings is 1. The number of benzene rings is 1.